The van der Waals surface area contributed by atoms with Crippen molar-refractivity contribution in [1.29, 1.82) is 0 Å². The highest BCUT2D eigenvalue weighted by molar-refractivity contribution is 6.33. The molecule has 0 radical (unpaired) electrons. The van der Waals surface area contributed by atoms with Crippen LogP contribution in [-0.2, 0) is 0 Å². The molecule has 0 aromatic heterocycles. The summed E-state index contributed by atoms with van der Waals surface area (Å²) >= 11 is 5.89. The Balaban J connectivity index is 2.30. The molecule has 20 heavy (non-hydrogen) atoms. The van der Waals surface area contributed by atoms with Gasteiger partial charge in [0.25, 0.3) is 5.91 Å². The summed E-state index contributed by atoms with van der Waals surface area (Å²) in [7, 11) is 1.43. The summed E-state index contributed by atoms with van der Waals surface area (Å²) in [4.78, 5) is 12.2. The van der Waals surface area contributed by atoms with Gasteiger partial charge >= 0.3 is 0 Å². The van der Waals surface area contributed by atoms with E-state index in [0.717, 1.165) is 6.07 Å². The van der Waals surface area contributed by atoms with Crippen LogP contribution in [0.1, 0.15) is 10.4 Å². The molecule has 0 atom stereocenters. The number of hydrogen-bond acceptors (Lipinski definition) is 3. The minimum Gasteiger partial charge on any atom is -0.496 e. The van der Waals surface area contributed by atoms with E-state index in [4.69, 9.17) is 22.1 Å². The molecule has 1 amide bonds. The monoisotopic (exact) mass is 294 g/mol. The van der Waals surface area contributed by atoms with Crippen LogP contribution in [0.25, 0.3) is 0 Å². The maximum atomic E-state index is 13.1. The van der Waals surface area contributed by atoms with E-state index in [1.807, 2.05) is 0 Å². The molecule has 4 nitrogen and oxygen atoms in total. The molecule has 0 spiro atoms. The van der Waals surface area contributed by atoms with E-state index in [1.54, 1.807) is 6.07 Å². The molecule has 0 aliphatic carbocycles. The fourth-order valence-corrected chi connectivity index (χ4v) is 1.84. The summed E-state index contributed by atoms with van der Waals surface area (Å²) in [5, 5.41) is 2.77. The van der Waals surface area contributed by atoms with Gasteiger partial charge in [-0.25, -0.2) is 4.39 Å². The Morgan fingerprint density at radius 3 is 2.75 bits per heavy atom. The van der Waals surface area contributed by atoms with Gasteiger partial charge < -0.3 is 15.8 Å². The lowest BCUT2D eigenvalue weighted by Crippen LogP contribution is -2.13. The smallest absolute Gasteiger partial charge is 0.259 e. The lowest BCUT2D eigenvalue weighted by atomic mass is 10.1. The van der Waals surface area contributed by atoms with E-state index < -0.39 is 11.7 Å². The summed E-state index contributed by atoms with van der Waals surface area (Å²) in [6.45, 7) is 0. The molecule has 0 saturated carbocycles. The summed E-state index contributed by atoms with van der Waals surface area (Å²) < 4.78 is 18.2. The predicted octanol–water partition coefficient (Wildman–Crippen LogP) is 3.32. The number of ether oxygens (including phenoxy) is 1. The quantitative estimate of drug-likeness (QED) is 0.854. The number of nitrogen functional groups attached to an aromatic ring is 1. The number of rotatable bonds is 3. The van der Waals surface area contributed by atoms with Crippen LogP contribution in [0.2, 0.25) is 5.02 Å². The molecule has 0 heterocycles. The normalized spacial score (nSPS) is 10.2. The molecule has 0 saturated heterocycles. The largest absolute Gasteiger partial charge is 0.496 e. The molecule has 6 heteroatoms. The molecule has 0 fully saturated rings. The first kappa shape index (κ1) is 14.1. The molecule has 3 N–H and O–H groups in total. The second-order valence-corrected chi connectivity index (χ2v) is 4.45. The van der Waals surface area contributed by atoms with E-state index in [9.17, 15) is 9.18 Å². The molecule has 2 aromatic carbocycles. The number of nitrogens with one attached hydrogen (secondary N) is 1. The maximum absolute atomic E-state index is 13.1. The first-order chi connectivity index (χ1) is 9.51. The predicted molar refractivity (Wildman–Crippen MR) is 76.8 cm³/mol. The minimum absolute atomic E-state index is 0.190. The van der Waals surface area contributed by atoms with Crippen molar-refractivity contribution in [3.05, 3.63) is 52.8 Å². The third-order valence-electron chi connectivity index (χ3n) is 2.65. The van der Waals surface area contributed by atoms with Crippen molar-refractivity contribution in [1.82, 2.24) is 0 Å². The van der Waals surface area contributed by atoms with Crippen LogP contribution in [0.3, 0.4) is 0 Å². The number of carbonyl (C=O) groups excluding carboxylic acids is 1. The molecule has 2 aromatic rings. The SMILES string of the molecule is COc1cc(N)ccc1C(=O)Nc1cc(F)ccc1Cl. The second kappa shape index (κ2) is 5.79. The first-order valence-electron chi connectivity index (χ1n) is 5.71. The van der Waals surface area contributed by atoms with E-state index in [0.29, 0.717) is 11.4 Å². The third-order valence-corrected chi connectivity index (χ3v) is 2.98. The first-order valence-corrected chi connectivity index (χ1v) is 6.09. The zero-order chi connectivity index (χ0) is 14.7. The topological polar surface area (TPSA) is 64.3 Å². The summed E-state index contributed by atoms with van der Waals surface area (Å²) in [5.74, 6) is -0.627. The lowest BCUT2D eigenvalue weighted by molar-refractivity contribution is 0.102. The number of anilines is 2. The van der Waals surface area contributed by atoms with Crippen molar-refractivity contribution >= 4 is 28.9 Å². The highest BCUT2D eigenvalue weighted by Gasteiger charge is 2.14. The van der Waals surface area contributed by atoms with Gasteiger partial charge in [-0.1, -0.05) is 11.6 Å². The Hall–Kier alpha value is -2.27. The Morgan fingerprint density at radius 2 is 2.05 bits per heavy atom. The van der Waals surface area contributed by atoms with Crippen LogP contribution in [0, 0.1) is 5.82 Å². The Bertz CT molecular complexity index is 662. The van der Waals surface area contributed by atoms with Gasteiger partial charge in [-0.2, -0.15) is 0 Å². The molecule has 0 aliphatic heterocycles. The maximum Gasteiger partial charge on any atom is 0.259 e. The standard InChI is InChI=1S/C14H12ClFN2O2/c1-20-13-7-9(17)3-4-10(13)14(19)18-12-6-8(16)2-5-11(12)15/h2-7H,17H2,1H3,(H,18,19). The van der Waals surface area contributed by atoms with Crippen molar-refractivity contribution < 1.29 is 13.9 Å². The average molecular weight is 295 g/mol. The van der Waals surface area contributed by atoms with Crippen molar-refractivity contribution in [2.45, 2.75) is 0 Å². The number of halogens is 2. The van der Waals surface area contributed by atoms with Crippen LogP contribution >= 0.6 is 11.6 Å². The number of benzene rings is 2. The highest BCUT2D eigenvalue weighted by atomic mass is 35.5. The molecular formula is C14H12ClFN2O2. The van der Waals surface area contributed by atoms with Crippen molar-refractivity contribution in [3.8, 4) is 5.75 Å². The number of hydrogen-bond donors (Lipinski definition) is 2. The van der Waals surface area contributed by atoms with Gasteiger partial charge in [0.1, 0.15) is 11.6 Å². The molecule has 0 bridgehead atoms. The fraction of sp³-hybridized carbons (Fsp3) is 0.0714. The van der Waals surface area contributed by atoms with Crippen molar-refractivity contribution in [3.63, 3.8) is 0 Å². The van der Waals surface area contributed by atoms with Crippen LogP contribution in [0.5, 0.6) is 5.75 Å². The van der Waals surface area contributed by atoms with Crippen LogP contribution in [0.4, 0.5) is 15.8 Å². The summed E-state index contributed by atoms with van der Waals surface area (Å²) in [6.07, 6.45) is 0. The zero-order valence-corrected chi connectivity index (χ0v) is 11.4. The van der Waals surface area contributed by atoms with Gasteiger partial charge in [-0.05, 0) is 30.3 Å². The summed E-state index contributed by atoms with van der Waals surface area (Å²) in [6, 6.07) is 8.35. The zero-order valence-electron chi connectivity index (χ0n) is 10.6. The highest BCUT2D eigenvalue weighted by Crippen LogP contribution is 2.26. The Labute approximate surface area is 120 Å². The molecule has 104 valence electrons. The van der Waals surface area contributed by atoms with Gasteiger partial charge in [0.15, 0.2) is 0 Å². The minimum atomic E-state index is -0.492. The van der Waals surface area contributed by atoms with Gasteiger partial charge in [-0.3, -0.25) is 4.79 Å². The second-order valence-electron chi connectivity index (χ2n) is 4.04. The van der Waals surface area contributed by atoms with Gasteiger partial charge in [0.2, 0.25) is 0 Å². The van der Waals surface area contributed by atoms with Gasteiger partial charge in [-0.15, -0.1) is 0 Å². The van der Waals surface area contributed by atoms with E-state index in [-0.39, 0.29) is 16.3 Å². The average Bonchev–Trinajstić information content (AvgIpc) is 2.42. The third kappa shape index (κ3) is 3.00. The Kier molecular flexibility index (Phi) is 4.10. The number of nitrogens with two attached hydrogens (primary N) is 1. The van der Waals surface area contributed by atoms with Gasteiger partial charge in [0, 0.05) is 11.8 Å². The van der Waals surface area contributed by atoms with Crippen LogP contribution in [0.15, 0.2) is 36.4 Å². The van der Waals surface area contributed by atoms with E-state index >= 15 is 0 Å². The van der Waals surface area contributed by atoms with E-state index in [2.05, 4.69) is 5.32 Å². The Morgan fingerprint density at radius 1 is 1.30 bits per heavy atom. The van der Waals surface area contributed by atoms with Crippen molar-refractivity contribution in [2.24, 2.45) is 0 Å². The van der Waals surface area contributed by atoms with E-state index in [1.165, 1.54) is 31.4 Å². The van der Waals surface area contributed by atoms with Crippen molar-refractivity contribution in [2.75, 3.05) is 18.2 Å². The number of amides is 1. The summed E-state index contributed by atoms with van der Waals surface area (Å²) in [5.41, 5.74) is 6.56. The number of carbonyl (C=O) groups is 1. The fourth-order valence-electron chi connectivity index (χ4n) is 1.68. The number of methoxy groups -OCH3 is 1. The molecule has 2 rings (SSSR count). The van der Waals surface area contributed by atoms with Gasteiger partial charge in [0.05, 0.1) is 23.4 Å². The lowest BCUT2D eigenvalue weighted by Gasteiger charge is -2.11. The molecule has 0 unspecified atom stereocenters. The molecule has 0 aliphatic rings. The van der Waals surface area contributed by atoms with Crippen LogP contribution in [-0.4, -0.2) is 13.0 Å². The molecular weight excluding hydrogens is 283 g/mol. The van der Waals surface area contributed by atoms with Crippen LogP contribution < -0.4 is 15.8 Å².